The Morgan fingerprint density at radius 1 is 1.11 bits per heavy atom. The van der Waals surface area contributed by atoms with Crippen molar-refractivity contribution in [1.82, 2.24) is 0 Å². The van der Waals surface area contributed by atoms with Gasteiger partial charge in [-0.3, -0.25) is 0 Å². The minimum absolute atomic E-state index is 0.205. The summed E-state index contributed by atoms with van der Waals surface area (Å²) in [4.78, 5) is 21.1. The second-order valence-corrected chi connectivity index (χ2v) is 3.48. The number of halogens is 1. The maximum Gasteiger partial charge on any atom is 0.404 e. The Kier molecular flexibility index (Phi) is 4.91. The minimum Gasteiger partial charge on any atom is -0.449 e. The maximum absolute atomic E-state index is 13.5. The zero-order valence-corrected chi connectivity index (χ0v) is 9.47. The van der Waals surface area contributed by atoms with Gasteiger partial charge in [0.2, 0.25) is 0 Å². The minimum atomic E-state index is -0.990. The SMILES string of the molecule is NC(=O)OCC(COC(N)=O)c1ccccc1F. The van der Waals surface area contributed by atoms with E-state index in [1.807, 2.05) is 0 Å². The van der Waals surface area contributed by atoms with Gasteiger partial charge in [0.25, 0.3) is 0 Å². The van der Waals surface area contributed by atoms with Gasteiger partial charge in [0.05, 0.1) is 5.92 Å². The molecule has 0 saturated carbocycles. The Hall–Kier alpha value is -2.31. The summed E-state index contributed by atoms with van der Waals surface area (Å²) >= 11 is 0. The van der Waals surface area contributed by atoms with Crippen LogP contribution in [0.15, 0.2) is 24.3 Å². The van der Waals surface area contributed by atoms with Crippen molar-refractivity contribution in [3.05, 3.63) is 35.6 Å². The molecule has 0 bridgehead atoms. The number of primary amides is 2. The summed E-state index contributed by atoms with van der Waals surface area (Å²) in [6.07, 6.45) is -1.98. The third kappa shape index (κ3) is 4.28. The lowest BCUT2D eigenvalue weighted by Crippen LogP contribution is -2.24. The van der Waals surface area contributed by atoms with E-state index in [4.69, 9.17) is 11.5 Å². The number of amides is 2. The van der Waals surface area contributed by atoms with Crippen molar-refractivity contribution in [3.8, 4) is 0 Å². The molecule has 0 fully saturated rings. The van der Waals surface area contributed by atoms with Crippen LogP contribution in [0.5, 0.6) is 0 Å². The smallest absolute Gasteiger partial charge is 0.404 e. The Labute approximate surface area is 103 Å². The van der Waals surface area contributed by atoms with E-state index >= 15 is 0 Å². The maximum atomic E-state index is 13.5. The second kappa shape index (κ2) is 6.43. The molecule has 1 aromatic carbocycles. The molecule has 0 aromatic heterocycles. The van der Waals surface area contributed by atoms with Crippen LogP contribution in [0.25, 0.3) is 0 Å². The second-order valence-electron chi connectivity index (χ2n) is 3.48. The molecule has 0 saturated heterocycles. The van der Waals surface area contributed by atoms with E-state index in [9.17, 15) is 14.0 Å². The van der Waals surface area contributed by atoms with Gasteiger partial charge < -0.3 is 20.9 Å². The van der Waals surface area contributed by atoms with Gasteiger partial charge in [-0.2, -0.15) is 0 Å². The fourth-order valence-corrected chi connectivity index (χ4v) is 1.40. The summed E-state index contributed by atoms with van der Waals surface area (Å²) in [6, 6.07) is 5.87. The molecule has 1 rings (SSSR count). The third-order valence-corrected chi connectivity index (χ3v) is 2.20. The largest absolute Gasteiger partial charge is 0.449 e. The van der Waals surface area contributed by atoms with Gasteiger partial charge >= 0.3 is 12.2 Å². The predicted molar refractivity (Wildman–Crippen MR) is 60.2 cm³/mol. The van der Waals surface area contributed by atoms with Crippen molar-refractivity contribution in [2.24, 2.45) is 11.5 Å². The van der Waals surface area contributed by atoms with E-state index in [0.717, 1.165) is 0 Å². The van der Waals surface area contributed by atoms with Gasteiger partial charge in [0, 0.05) is 0 Å². The van der Waals surface area contributed by atoms with Crippen LogP contribution < -0.4 is 11.5 Å². The molecule has 2 amide bonds. The van der Waals surface area contributed by atoms with Crippen LogP contribution in [-0.2, 0) is 9.47 Å². The highest BCUT2D eigenvalue weighted by atomic mass is 19.1. The fraction of sp³-hybridized carbons (Fsp3) is 0.273. The van der Waals surface area contributed by atoms with Crippen molar-refractivity contribution < 1.29 is 23.5 Å². The monoisotopic (exact) mass is 256 g/mol. The molecule has 7 heteroatoms. The summed E-state index contributed by atoms with van der Waals surface area (Å²) < 4.78 is 22.7. The molecule has 0 spiro atoms. The molecule has 4 N–H and O–H groups in total. The third-order valence-electron chi connectivity index (χ3n) is 2.20. The highest BCUT2D eigenvalue weighted by Gasteiger charge is 2.18. The molecule has 0 unspecified atom stereocenters. The van der Waals surface area contributed by atoms with Gasteiger partial charge in [-0.15, -0.1) is 0 Å². The topological polar surface area (TPSA) is 105 Å². The average molecular weight is 256 g/mol. The van der Waals surface area contributed by atoms with E-state index in [1.54, 1.807) is 6.07 Å². The van der Waals surface area contributed by atoms with Crippen LogP contribution in [0.1, 0.15) is 11.5 Å². The van der Waals surface area contributed by atoms with Gasteiger partial charge in [0.15, 0.2) is 0 Å². The van der Waals surface area contributed by atoms with Crippen molar-refractivity contribution in [1.29, 1.82) is 0 Å². The molecule has 0 atom stereocenters. The van der Waals surface area contributed by atoms with Crippen LogP contribution >= 0.6 is 0 Å². The number of hydrogen-bond acceptors (Lipinski definition) is 4. The number of ether oxygens (including phenoxy) is 2. The zero-order valence-electron chi connectivity index (χ0n) is 9.47. The summed E-state index contributed by atoms with van der Waals surface area (Å²) in [5.74, 6) is -1.16. The molecule has 0 aliphatic carbocycles. The van der Waals surface area contributed by atoms with E-state index in [-0.39, 0.29) is 18.8 Å². The van der Waals surface area contributed by atoms with Crippen LogP contribution in [0.4, 0.5) is 14.0 Å². The molecule has 0 aliphatic heterocycles. The Balaban J connectivity index is 2.79. The van der Waals surface area contributed by atoms with Crippen molar-refractivity contribution in [3.63, 3.8) is 0 Å². The summed E-state index contributed by atoms with van der Waals surface area (Å²) in [6.45, 7) is -0.410. The Bertz CT molecular complexity index is 421. The van der Waals surface area contributed by atoms with Crippen LogP contribution in [0, 0.1) is 5.82 Å². The first-order valence-corrected chi connectivity index (χ1v) is 5.09. The van der Waals surface area contributed by atoms with Crippen LogP contribution in [0.3, 0.4) is 0 Å². The molecule has 18 heavy (non-hydrogen) atoms. The molecular formula is C11H13FN2O4. The Morgan fingerprint density at radius 3 is 2.06 bits per heavy atom. The van der Waals surface area contributed by atoms with Crippen LogP contribution in [-0.4, -0.2) is 25.4 Å². The number of rotatable bonds is 5. The quantitative estimate of drug-likeness (QED) is 0.822. The van der Waals surface area contributed by atoms with E-state index in [2.05, 4.69) is 9.47 Å². The van der Waals surface area contributed by atoms with E-state index in [0.29, 0.717) is 0 Å². The van der Waals surface area contributed by atoms with E-state index in [1.165, 1.54) is 18.2 Å². The highest BCUT2D eigenvalue weighted by molar-refractivity contribution is 5.65. The predicted octanol–water partition coefficient (Wildman–Crippen LogP) is 1.10. The van der Waals surface area contributed by atoms with Crippen molar-refractivity contribution in [2.75, 3.05) is 13.2 Å². The lowest BCUT2D eigenvalue weighted by Gasteiger charge is -2.16. The molecule has 0 aliphatic rings. The molecule has 1 aromatic rings. The van der Waals surface area contributed by atoms with Crippen LogP contribution in [0.2, 0.25) is 0 Å². The molecular weight excluding hydrogens is 243 g/mol. The highest BCUT2D eigenvalue weighted by Crippen LogP contribution is 2.20. The number of carbonyl (C=O) groups is 2. The lowest BCUT2D eigenvalue weighted by atomic mass is 10.0. The number of nitrogens with two attached hydrogens (primary N) is 2. The van der Waals surface area contributed by atoms with Crippen molar-refractivity contribution in [2.45, 2.75) is 5.92 Å². The zero-order chi connectivity index (χ0) is 13.5. The van der Waals surface area contributed by atoms with Gasteiger partial charge in [-0.1, -0.05) is 18.2 Å². The summed E-state index contributed by atoms with van der Waals surface area (Å²) in [7, 11) is 0. The first-order valence-electron chi connectivity index (χ1n) is 5.09. The molecule has 0 heterocycles. The Morgan fingerprint density at radius 2 is 1.61 bits per heavy atom. The van der Waals surface area contributed by atoms with Gasteiger partial charge in [-0.25, -0.2) is 14.0 Å². The fourth-order valence-electron chi connectivity index (χ4n) is 1.40. The molecule has 6 nitrogen and oxygen atoms in total. The normalized spacial score (nSPS) is 10.1. The standard InChI is InChI=1S/C11H13FN2O4/c12-9-4-2-1-3-8(9)7(5-17-10(13)15)6-18-11(14)16/h1-4,7H,5-6H2,(H2,13,15)(H2,14,16). The number of hydrogen-bond donors (Lipinski definition) is 2. The first kappa shape index (κ1) is 13.8. The lowest BCUT2D eigenvalue weighted by molar-refractivity contribution is 0.115. The summed E-state index contributed by atoms with van der Waals surface area (Å²) in [5, 5.41) is 0. The van der Waals surface area contributed by atoms with Gasteiger partial charge in [-0.05, 0) is 11.6 Å². The van der Waals surface area contributed by atoms with Crippen molar-refractivity contribution >= 4 is 12.2 Å². The first-order chi connectivity index (χ1) is 8.50. The molecule has 98 valence electrons. The average Bonchev–Trinajstić information content (AvgIpc) is 2.30. The molecule has 0 radical (unpaired) electrons. The number of carbonyl (C=O) groups excluding carboxylic acids is 2. The number of benzene rings is 1. The summed E-state index contributed by atoms with van der Waals surface area (Å²) in [5.41, 5.74) is 9.90. The van der Waals surface area contributed by atoms with E-state index < -0.39 is 23.9 Å². The van der Waals surface area contributed by atoms with Gasteiger partial charge in [0.1, 0.15) is 19.0 Å².